The molecule has 2 N–H and O–H groups in total. The van der Waals surface area contributed by atoms with Gasteiger partial charge in [-0.05, 0) is 75.3 Å². The number of amides is 1. The minimum atomic E-state index is -0.231. The summed E-state index contributed by atoms with van der Waals surface area (Å²) < 4.78 is 0. The molecule has 0 aromatic heterocycles. The summed E-state index contributed by atoms with van der Waals surface area (Å²) in [6.45, 7) is 7.29. The lowest BCUT2D eigenvalue weighted by Crippen LogP contribution is -2.48. The number of carbonyl (C=O) groups excluding carboxylic acids is 1. The highest BCUT2D eigenvalue weighted by Gasteiger charge is 2.42. The van der Waals surface area contributed by atoms with Crippen LogP contribution in [0.5, 0.6) is 0 Å². The Morgan fingerprint density at radius 3 is 2.35 bits per heavy atom. The molecule has 0 aromatic carbocycles. The van der Waals surface area contributed by atoms with E-state index in [-0.39, 0.29) is 11.3 Å². The van der Waals surface area contributed by atoms with E-state index in [1.54, 1.807) is 0 Å². The molecule has 3 aliphatic rings. The first-order chi connectivity index (χ1) is 9.59. The SMILES string of the molecule is CC(C)(C(=O)NCC(C1CC1)C1CC1)C1CCCNC1. The summed E-state index contributed by atoms with van der Waals surface area (Å²) >= 11 is 0. The van der Waals surface area contributed by atoms with Gasteiger partial charge in [-0.3, -0.25) is 4.79 Å². The van der Waals surface area contributed by atoms with Crippen LogP contribution >= 0.6 is 0 Å². The number of nitrogens with one attached hydrogen (secondary N) is 2. The Morgan fingerprint density at radius 2 is 1.85 bits per heavy atom. The maximum absolute atomic E-state index is 12.6. The summed E-state index contributed by atoms with van der Waals surface area (Å²) in [6, 6.07) is 0. The molecule has 1 aliphatic heterocycles. The third kappa shape index (κ3) is 3.19. The van der Waals surface area contributed by atoms with Crippen molar-refractivity contribution in [3.63, 3.8) is 0 Å². The smallest absolute Gasteiger partial charge is 0.225 e. The summed E-state index contributed by atoms with van der Waals surface area (Å²) in [5, 5.41) is 6.73. The molecule has 114 valence electrons. The van der Waals surface area contributed by atoms with E-state index in [0.717, 1.165) is 37.4 Å². The maximum Gasteiger partial charge on any atom is 0.225 e. The molecule has 1 saturated heterocycles. The second-order valence-electron chi connectivity index (χ2n) is 7.81. The van der Waals surface area contributed by atoms with Crippen LogP contribution in [-0.4, -0.2) is 25.5 Å². The Kier molecular flexibility index (Phi) is 4.07. The Bertz CT molecular complexity index is 340. The van der Waals surface area contributed by atoms with Crippen molar-refractivity contribution >= 4 is 5.91 Å². The molecule has 2 aliphatic carbocycles. The van der Waals surface area contributed by atoms with E-state index in [1.807, 2.05) is 0 Å². The molecule has 0 radical (unpaired) electrons. The molecule has 3 fully saturated rings. The Balaban J connectivity index is 1.51. The van der Waals surface area contributed by atoms with Gasteiger partial charge in [-0.2, -0.15) is 0 Å². The molecular weight excluding hydrogens is 248 g/mol. The van der Waals surface area contributed by atoms with Gasteiger partial charge in [0.05, 0.1) is 0 Å². The fourth-order valence-corrected chi connectivity index (χ4v) is 3.86. The third-order valence-electron chi connectivity index (χ3n) is 5.86. The van der Waals surface area contributed by atoms with E-state index >= 15 is 0 Å². The van der Waals surface area contributed by atoms with Crippen molar-refractivity contribution in [1.82, 2.24) is 10.6 Å². The van der Waals surface area contributed by atoms with Gasteiger partial charge in [0, 0.05) is 12.0 Å². The second-order valence-corrected chi connectivity index (χ2v) is 7.81. The van der Waals surface area contributed by atoms with Crippen LogP contribution in [0.4, 0.5) is 0 Å². The number of piperidine rings is 1. The van der Waals surface area contributed by atoms with E-state index < -0.39 is 0 Å². The monoisotopic (exact) mass is 278 g/mol. The van der Waals surface area contributed by atoms with Crippen molar-refractivity contribution in [2.75, 3.05) is 19.6 Å². The summed E-state index contributed by atoms with van der Waals surface area (Å²) in [4.78, 5) is 12.6. The lowest BCUT2D eigenvalue weighted by atomic mass is 9.74. The number of rotatable bonds is 6. The standard InChI is InChI=1S/C17H30N2O/c1-17(2,14-4-3-9-18-10-14)16(20)19-11-15(12-5-6-12)13-7-8-13/h12-15,18H,3-11H2,1-2H3,(H,19,20). The van der Waals surface area contributed by atoms with Gasteiger partial charge in [0.2, 0.25) is 5.91 Å². The molecular formula is C17H30N2O. The van der Waals surface area contributed by atoms with Gasteiger partial charge >= 0.3 is 0 Å². The normalized spacial score (nSPS) is 27.6. The largest absolute Gasteiger partial charge is 0.355 e. The van der Waals surface area contributed by atoms with Gasteiger partial charge in [0.1, 0.15) is 0 Å². The van der Waals surface area contributed by atoms with Crippen LogP contribution in [0.1, 0.15) is 52.4 Å². The Labute approximate surface area is 123 Å². The highest BCUT2D eigenvalue weighted by Crippen LogP contribution is 2.48. The average Bonchev–Trinajstić information content (AvgIpc) is 3.33. The molecule has 3 heteroatoms. The summed E-state index contributed by atoms with van der Waals surface area (Å²) in [5.74, 6) is 3.37. The molecule has 1 amide bonds. The summed E-state index contributed by atoms with van der Waals surface area (Å²) in [5.41, 5.74) is -0.231. The van der Waals surface area contributed by atoms with E-state index in [0.29, 0.717) is 5.92 Å². The van der Waals surface area contributed by atoms with Crippen LogP contribution in [0.3, 0.4) is 0 Å². The van der Waals surface area contributed by atoms with Gasteiger partial charge in [-0.25, -0.2) is 0 Å². The van der Waals surface area contributed by atoms with Crippen LogP contribution in [-0.2, 0) is 4.79 Å². The van der Waals surface area contributed by atoms with Crippen molar-refractivity contribution in [2.45, 2.75) is 52.4 Å². The number of hydrogen-bond acceptors (Lipinski definition) is 2. The molecule has 3 rings (SSSR count). The fraction of sp³-hybridized carbons (Fsp3) is 0.941. The van der Waals surface area contributed by atoms with Crippen molar-refractivity contribution < 1.29 is 4.79 Å². The summed E-state index contributed by atoms with van der Waals surface area (Å²) in [7, 11) is 0. The van der Waals surface area contributed by atoms with Crippen LogP contribution in [0.25, 0.3) is 0 Å². The highest BCUT2D eigenvalue weighted by molar-refractivity contribution is 5.82. The first-order valence-corrected chi connectivity index (χ1v) is 8.58. The number of hydrogen-bond donors (Lipinski definition) is 2. The average molecular weight is 278 g/mol. The Hall–Kier alpha value is -0.570. The molecule has 20 heavy (non-hydrogen) atoms. The topological polar surface area (TPSA) is 41.1 Å². The molecule has 1 heterocycles. The van der Waals surface area contributed by atoms with Crippen LogP contribution < -0.4 is 10.6 Å². The molecule has 0 aromatic rings. The number of carbonyl (C=O) groups is 1. The quantitative estimate of drug-likeness (QED) is 0.784. The van der Waals surface area contributed by atoms with Crippen molar-refractivity contribution in [3.8, 4) is 0 Å². The molecule has 0 bridgehead atoms. The van der Waals surface area contributed by atoms with E-state index in [1.165, 1.54) is 38.5 Å². The lowest BCUT2D eigenvalue weighted by Gasteiger charge is -2.36. The van der Waals surface area contributed by atoms with Crippen molar-refractivity contribution in [1.29, 1.82) is 0 Å². The van der Waals surface area contributed by atoms with Gasteiger partial charge in [0.15, 0.2) is 0 Å². The zero-order valence-electron chi connectivity index (χ0n) is 13.1. The molecule has 1 unspecified atom stereocenters. The first kappa shape index (κ1) is 14.4. The lowest BCUT2D eigenvalue weighted by molar-refractivity contribution is -0.132. The molecule has 2 saturated carbocycles. The van der Waals surface area contributed by atoms with Gasteiger partial charge in [-0.1, -0.05) is 13.8 Å². The predicted octanol–water partition coefficient (Wildman–Crippen LogP) is 2.56. The molecule has 0 spiro atoms. The highest BCUT2D eigenvalue weighted by atomic mass is 16.2. The molecule has 3 nitrogen and oxygen atoms in total. The van der Waals surface area contributed by atoms with Crippen molar-refractivity contribution in [3.05, 3.63) is 0 Å². The van der Waals surface area contributed by atoms with Gasteiger partial charge < -0.3 is 10.6 Å². The Morgan fingerprint density at radius 1 is 1.20 bits per heavy atom. The zero-order chi connectivity index (χ0) is 14.2. The zero-order valence-corrected chi connectivity index (χ0v) is 13.1. The van der Waals surface area contributed by atoms with E-state index in [9.17, 15) is 4.79 Å². The third-order valence-corrected chi connectivity index (χ3v) is 5.86. The van der Waals surface area contributed by atoms with Gasteiger partial charge in [-0.15, -0.1) is 0 Å². The first-order valence-electron chi connectivity index (χ1n) is 8.58. The second kappa shape index (κ2) is 5.67. The van der Waals surface area contributed by atoms with Crippen LogP contribution in [0, 0.1) is 29.1 Å². The van der Waals surface area contributed by atoms with E-state index in [4.69, 9.17) is 0 Å². The maximum atomic E-state index is 12.6. The fourth-order valence-electron chi connectivity index (χ4n) is 3.86. The van der Waals surface area contributed by atoms with Gasteiger partial charge in [0.25, 0.3) is 0 Å². The molecule has 1 atom stereocenters. The van der Waals surface area contributed by atoms with Crippen LogP contribution in [0.15, 0.2) is 0 Å². The van der Waals surface area contributed by atoms with Crippen molar-refractivity contribution in [2.24, 2.45) is 29.1 Å². The van der Waals surface area contributed by atoms with Crippen LogP contribution in [0.2, 0.25) is 0 Å². The minimum absolute atomic E-state index is 0.231. The minimum Gasteiger partial charge on any atom is -0.355 e. The summed E-state index contributed by atoms with van der Waals surface area (Å²) in [6.07, 6.45) is 7.97. The predicted molar refractivity (Wildman–Crippen MR) is 81.3 cm³/mol. The van der Waals surface area contributed by atoms with E-state index in [2.05, 4.69) is 24.5 Å².